The number of anilines is 1. The molecule has 0 saturated heterocycles. The van der Waals surface area contributed by atoms with Crippen molar-refractivity contribution in [2.45, 2.75) is 49.7 Å². The fourth-order valence-electron chi connectivity index (χ4n) is 3.59. The zero-order chi connectivity index (χ0) is 20.3. The summed E-state index contributed by atoms with van der Waals surface area (Å²) >= 11 is 1.46. The van der Waals surface area contributed by atoms with Gasteiger partial charge in [0.15, 0.2) is 5.17 Å². The zero-order valence-electron chi connectivity index (χ0n) is 16.5. The molecule has 154 valence electrons. The van der Waals surface area contributed by atoms with Gasteiger partial charge in [-0.15, -0.1) is 0 Å². The highest BCUT2D eigenvalue weighted by atomic mass is 32.2. The monoisotopic (exact) mass is 407 g/mol. The minimum absolute atomic E-state index is 0.136. The third kappa shape index (κ3) is 4.68. The summed E-state index contributed by atoms with van der Waals surface area (Å²) in [5, 5.41) is 27.2. The van der Waals surface area contributed by atoms with E-state index in [0.29, 0.717) is 24.2 Å². The van der Waals surface area contributed by atoms with E-state index in [2.05, 4.69) is 41.6 Å². The first-order chi connectivity index (χ1) is 13.4. The van der Waals surface area contributed by atoms with Crippen LogP contribution in [0.5, 0.6) is 0 Å². The number of carbonyl (C=O) groups excluding carboxylic acids is 1. The summed E-state index contributed by atoms with van der Waals surface area (Å²) in [6.07, 6.45) is -1.71. The molecule has 0 radical (unpaired) electrons. The Balaban J connectivity index is 1.69. The number of nitrogens with one attached hydrogen (secondary N) is 2. The van der Waals surface area contributed by atoms with Gasteiger partial charge >= 0.3 is 0 Å². The maximum atomic E-state index is 12.6. The van der Waals surface area contributed by atoms with E-state index in [4.69, 9.17) is 4.74 Å². The van der Waals surface area contributed by atoms with Crippen LogP contribution in [0.1, 0.15) is 31.7 Å². The lowest BCUT2D eigenvalue weighted by atomic mass is 9.81. The number of hydrogen-bond acceptors (Lipinski definition) is 7. The normalized spacial score (nSPS) is 29.4. The van der Waals surface area contributed by atoms with Gasteiger partial charge < -0.3 is 25.6 Å². The summed E-state index contributed by atoms with van der Waals surface area (Å²) in [5.74, 6) is -0.0935. The van der Waals surface area contributed by atoms with Crippen molar-refractivity contribution in [3.63, 3.8) is 0 Å². The Morgan fingerprint density at radius 1 is 1.32 bits per heavy atom. The molecule has 5 atom stereocenters. The molecule has 1 aromatic carbocycles. The molecule has 0 bridgehead atoms. The second-order valence-corrected chi connectivity index (χ2v) is 8.76. The molecule has 7 nitrogen and oxygen atoms in total. The maximum Gasteiger partial charge on any atom is 0.224 e. The van der Waals surface area contributed by atoms with Gasteiger partial charge in [-0.3, -0.25) is 9.79 Å². The number of amides is 1. The summed E-state index contributed by atoms with van der Waals surface area (Å²) in [4.78, 5) is 17.2. The first-order valence-corrected chi connectivity index (χ1v) is 10.5. The number of ether oxygens (including phenoxy) is 1. The van der Waals surface area contributed by atoms with E-state index in [9.17, 15) is 15.0 Å². The number of amidine groups is 1. The second-order valence-electron chi connectivity index (χ2n) is 7.59. The van der Waals surface area contributed by atoms with Gasteiger partial charge in [0, 0.05) is 24.6 Å². The van der Waals surface area contributed by atoms with Crippen LogP contribution in [-0.4, -0.2) is 65.0 Å². The average molecular weight is 408 g/mol. The first kappa shape index (κ1) is 21.1. The number of benzene rings is 1. The Hall–Kier alpha value is -1.61. The summed E-state index contributed by atoms with van der Waals surface area (Å²) in [6.45, 7) is 5.14. The van der Waals surface area contributed by atoms with Gasteiger partial charge in [-0.2, -0.15) is 0 Å². The third-order valence-corrected chi connectivity index (χ3v) is 6.57. The van der Waals surface area contributed by atoms with Gasteiger partial charge in [-0.05, 0) is 30.0 Å². The smallest absolute Gasteiger partial charge is 0.224 e. The Morgan fingerprint density at radius 2 is 2.04 bits per heavy atom. The molecule has 0 spiro atoms. The lowest BCUT2D eigenvalue weighted by Crippen LogP contribution is -2.54. The number of aliphatic hydroxyl groups excluding tert-OH is 2. The standard InChI is InChI=1S/C20H29N3O4S/c1-11(2)12-4-6-13(7-5-12)22-20-23-16-17(25)15(24)10-14(18(16)28-20)19(26)21-8-9-27-3/h4-7,11,14-18,24-25H,8-10H2,1-3H3,(H,21,26)(H,22,23)/t14-,15+,16-,17-,18+/m0/s1. The van der Waals surface area contributed by atoms with Crippen LogP contribution in [0.15, 0.2) is 29.3 Å². The summed E-state index contributed by atoms with van der Waals surface area (Å²) < 4.78 is 4.97. The Bertz CT molecular complexity index is 710. The first-order valence-electron chi connectivity index (χ1n) is 9.65. The summed E-state index contributed by atoms with van der Waals surface area (Å²) in [7, 11) is 1.58. The molecule has 28 heavy (non-hydrogen) atoms. The minimum atomic E-state index is -0.969. The van der Waals surface area contributed by atoms with Crippen molar-refractivity contribution < 1.29 is 19.7 Å². The largest absolute Gasteiger partial charge is 0.390 e. The Morgan fingerprint density at radius 3 is 2.68 bits per heavy atom. The highest BCUT2D eigenvalue weighted by molar-refractivity contribution is 8.15. The van der Waals surface area contributed by atoms with Gasteiger partial charge in [0.05, 0.1) is 24.7 Å². The Labute approximate surface area is 170 Å². The van der Waals surface area contributed by atoms with Crippen molar-refractivity contribution in [3.8, 4) is 0 Å². The second kappa shape index (κ2) is 9.26. The predicted octanol–water partition coefficient (Wildman–Crippen LogP) is 1.57. The molecule has 1 aliphatic carbocycles. The summed E-state index contributed by atoms with van der Waals surface area (Å²) in [5.41, 5.74) is 2.16. The number of fused-ring (bicyclic) bond motifs is 1. The van der Waals surface area contributed by atoms with Crippen LogP contribution in [0.2, 0.25) is 0 Å². The van der Waals surface area contributed by atoms with Gasteiger partial charge in [0.25, 0.3) is 0 Å². The molecule has 1 fully saturated rings. The van der Waals surface area contributed by atoms with E-state index in [-0.39, 0.29) is 17.6 Å². The molecule has 8 heteroatoms. The molecule has 1 aromatic rings. The number of aliphatic imine (C=N–C) groups is 1. The van der Waals surface area contributed by atoms with Crippen LogP contribution in [-0.2, 0) is 9.53 Å². The lowest BCUT2D eigenvalue weighted by molar-refractivity contribution is -0.129. The number of thioether (sulfide) groups is 1. The Kier molecular flexibility index (Phi) is 6.98. The van der Waals surface area contributed by atoms with E-state index in [1.165, 1.54) is 17.3 Å². The molecular weight excluding hydrogens is 378 g/mol. The molecule has 0 aromatic heterocycles. The number of rotatable bonds is 6. The van der Waals surface area contributed by atoms with E-state index in [1.807, 2.05) is 12.1 Å². The van der Waals surface area contributed by atoms with Crippen LogP contribution in [0.3, 0.4) is 0 Å². The fourth-order valence-corrected chi connectivity index (χ4v) is 4.97. The topological polar surface area (TPSA) is 103 Å². The van der Waals surface area contributed by atoms with Crippen LogP contribution in [0, 0.1) is 5.92 Å². The van der Waals surface area contributed by atoms with Crippen LogP contribution < -0.4 is 10.6 Å². The van der Waals surface area contributed by atoms with Crippen LogP contribution >= 0.6 is 11.8 Å². The van der Waals surface area contributed by atoms with Crippen LogP contribution in [0.25, 0.3) is 0 Å². The van der Waals surface area contributed by atoms with E-state index in [0.717, 1.165) is 5.69 Å². The highest BCUT2D eigenvalue weighted by Gasteiger charge is 2.50. The molecule has 3 rings (SSSR count). The molecule has 1 aliphatic heterocycles. The maximum absolute atomic E-state index is 12.6. The molecule has 1 saturated carbocycles. The predicted molar refractivity (Wildman–Crippen MR) is 112 cm³/mol. The molecule has 2 aliphatic rings. The zero-order valence-corrected chi connectivity index (χ0v) is 17.3. The lowest BCUT2D eigenvalue weighted by Gasteiger charge is -2.37. The van der Waals surface area contributed by atoms with Crippen molar-refractivity contribution in [1.29, 1.82) is 0 Å². The molecule has 1 amide bonds. The number of carbonyl (C=O) groups is 1. The van der Waals surface area contributed by atoms with Crippen molar-refractivity contribution >= 4 is 28.5 Å². The van der Waals surface area contributed by atoms with E-state index < -0.39 is 24.2 Å². The molecule has 0 unspecified atom stereocenters. The number of nitrogens with zero attached hydrogens (tertiary/aromatic N) is 1. The minimum Gasteiger partial charge on any atom is -0.390 e. The quantitative estimate of drug-likeness (QED) is 0.534. The SMILES string of the molecule is COCCNC(=O)[C@H]1C[C@@H](O)[C@H](O)[C@@H]2N=C(Nc3ccc(C(C)C)cc3)S[C@@H]21. The van der Waals surface area contributed by atoms with Crippen molar-refractivity contribution in [3.05, 3.63) is 29.8 Å². The average Bonchev–Trinajstić information content (AvgIpc) is 3.09. The van der Waals surface area contributed by atoms with Crippen LogP contribution in [0.4, 0.5) is 5.69 Å². The number of methoxy groups -OCH3 is 1. The van der Waals surface area contributed by atoms with Gasteiger partial charge in [-0.1, -0.05) is 37.7 Å². The van der Waals surface area contributed by atoms with E-state index >= 15 is 0 Å². The number of hydrogen-bond donors (Lipinski definition) is 4. The van der Waals surface area contributed by atoms with Crippen molar-refractivity contribution in [2.75, 3.05) is 25.6 Å². The van der Waals surface area contributed by atoms with Gasteiger partial charge in [0.1, 0.15) is 6.10 Å². The van der Waals surface area contributed by atoms with Gasteiger partial charge in [0.2, 0.25) is 5.91 Å². The molecule has 4 N–H and O–H groups in total. The summed E-state index contributed by atoms with van der Waals surface area (Å²) in [6, 6.07) is 7.64. The van der Waals surface area contributed by atoms with E-state index in [1.54, 1.807) is 7.11 Å². The molecular formula is C20H29N3O4S. The molecule has 1 heterocycles. The third-order valence-electron chi connectivity index (χ3n) is 5.26. The number of aliphatic hydroxyl groups is 2. The van der Waals surface area contributed by atoms with Crippen molar-refractivity contribution in [2.24, 2.45) is 10.9 Å². The van der Waals surface area contributed by atoms with Crippen molar-refractivity contribution in [1.82, 2.24) is 5.32 Å². The highest BCUT2D eigenvalue weighted by Crippen LogP contribution is 2.41. The fraction of sp³-hybridized carbons (Fsp3) is 0.600. The van der Waals surface area contributed by atoms with Gasteiger partial charge in [-0.25, -0.2) is 0 Å².